The lowest BCUT2D eigenvalue weighted by Gasteiger charge is -2.09. The first kappa shape index (κ1) is 18.6. The Bertz CT molecular complexity index is 1010. The lowest BCUT2D eigenvalue weighted by Crippen LogP contribution is -2.26. The van der Waals surface area contributed by atoms with Gasteiger partial charge < -0.3 is 5.32 Å². The molecule has 0 aliphatic heterocycles. The summed E-state index contributed by atoms with van der Waals surface area (Å²) >= 11 is 0. The van der Waals surface area contributed by atoms with Crippen LogP contribution in [-0.2, 0) is 23.1 Å². The Labute approximate surface area is 156 Å². The van der Waals surface area contributed by atoms with Gasteiger partial charge in [-0.15, -0.1) is 0 Å². The quantitative estimate of drug-likeness (QED) is 0.635. The van der Waals surface area contributed by atoms with Crippen molar-refractivity contribution < 1.29 is 13.2 Å². The molecule has 0 aliphatic carbocycles. The third-order valence-corrected chi connectivity index (χ3v) is 5.05. The number of nitrogens with zero attached hydrogens (tertiary/aromatic N) is 3. The Hall–Kier alpha value is -3.17. The molecule has 3 aromatic rings. The van der Waals surface area contributed by atoms with Crippen molar-refractivity contribution in [1.82, 2.24) is 25.0 Å². The van der Waals surface area contributed by atoms with E-state index in [-0.39, 0.29) is 29.5 Å². The van der Waals surface area contributed by atoms with Crippen LogP contribution < -0.4 is 10.0 Å². The average molecular weight is 383 g/mol. The predicted octanol–water partition coefficient (Wildman–Crippen LogP) is 1.28. The van der Waals surface area contributed by atoms with E-state index in [2.05, 4.69) is 25.0 Å². The highest BCUT2D eigenvalue weighted by Crippen LogP contribution is 2.12. The normalized spacial score (nSPS) is 11.1. The maximum absolute atomic E-state index is 12.5. The molecule has 0 aliphatic rings. The van der Waals surface area contributed by atoms with Crippen LogP contribution in [0.5, 0.6) is 0 Å². The fourth-order valence-corrected chi connectivity index (χ4v) is 3.30. The van der Waals surface area contributed by atoms with Crippen molar-refractivity contribution in [2.45, 2.75) is 18.0 Å². The molecule has 0 saturated heterocycles. The third-order valence-electron chi connectivity index (χ3n) is 3.65. The molecule has 0 fully saturated rings. The minimum Gasteiger partial charge on any atom is -0.346 e. The van der Waals surface area contributed by atoms with E-state index in [0.717, 1.165) is 0 Å². The van der Waals surface area contributed by atoms with Gasteiger partial charge in [0, 0.05) is 18.0 Å². The first-order chi connectivity index (χ1) is 13.0. The summed E-state index contributed by atoms with van der Waals surface area (Å²) in [6.07, 6.45) is 4.51. The molecule has 0 saturated carbocycles. The van der Waals surface area contributed by atoms with Crippen molar-refractivity contribution in [2.75, 3.05) is 0 Å². The molecule has 2 N–H and O–H groups in total. The summed E-state index contributed by atoms with van der Waals surface area (Å²) in [5.41, 5.74) is 1.50. The van der Waals surface area contributed by atoms with Gasteiger partial charge in [0.25, 0.3) is 5.91 Å². The smallest absolute Gasteiger partial charge is 0.251 e. The number of aromatic nitrogens is 3. The number of carbonyl (C=O) groups is 1. The second-order valence-corrected chi connectivity index (χ2v) is 7.32. The van der Waals surface area contributed by atoms with Crippen LogP contribution in [0, 0.1) is 0 Å². The number of nitrogens with one attached hydrogen (secondary N) is 2. The zero-order valence-electron chi connectivity index (χ0n) is 14.2. The highest BCUT2D eigenvalue weighted by Gasteiger charge is 2.16. The van der Waals surface area contributed by atoms with Crippen LogP contribution in [0.15, 0.2) is 72.1 Å². The second-order valence-electron chi connectivity index (χ2n) is 5.56. The van der Waals surface area contributed by atoms with E-state index < -0.39 is 10.0 Å². The van der Waals surface area contributed by atoms with Crippen molar-refractivity contribution in [3.63, 3.8) is 0 Å². The van der Waals surface area contributed by atoms with Crippen LogP contribution in [0.4, 0.5) is 0 Å². The topological polar surface area (TPSA) is 114 Å². The minimum absolute atomic E-state index is 0.00189. The Balaban J connectivity index is 1.67. The molecule has 0 radical (unpaired) electrons. The van der Waals surface area contributed by atoms with Gasteiger partial charge in [0.15, 0.2) is 0 Å². The number of hydrogen-bond acceptors (Lipinski definition) is 6. The number of rotatable bonds is 7. The summed E-state index contributed by atoms with van der Waals surface area (Å²) in [6, 6.07) is 12.8. The lowest BCUT2D eigenvalue weighted by molar-refractivity contribution is 0.0950. The fourth-order valence-electron chi connectivity index (χ4n) is 2.26. The number of sulfonamides is 1. The molecule has 2 heterocycles. The van der Waals surface area contributed by atoms with Gasteiger partial charge in [-0.25, -0.2) is 23.1 Å². The van der Waals surface area contributed by atoms with Crippen LogP contribution in [0.25, 0.3) is 0 Å². The van der Waals surface area contributed by atoms with Gasteiger partial charge in [-0.1, -0.05) is 12.1 Å². The number of pyridine rings is 1. The standard InChI is InChI=1S/C18H17N5O3S/c24-18(21-11-15-5-1-2-8-20-15)14-4-3-6-17(10-14)27(25,26)23-12-16-7-9-19-13-22-16/h1-10,13,23H,11-12H2,(H,21,24). The Morgan fingerprint density at radius 3 is 2.52 bits per heavy atom. The van der Waals surface area contributed by atoms with Crippen LogP contribution in [-0.4, -0.2) is 29.3 Å². The lowest BCUT2D eigenvalue weighted by atomic mass is 10.2. The summed E-state index contributed by atoms with van der Waals surface area (Å²) < 4.78 is 27.4. The summed E-state index contributed by atoms with van der Waals surface area (Å²) in [6.45, 7) is 0.281. The fraction of sp³-hybridized carbons (Fsp3) is 0.111. The molecule has 0 bridgehead atoms. The summed E-state index contributed by atoms with van der Waals surface area (Å²) in [5, 5.41) is 2.72. The van der Waals surface area contributed by atoms with Crippen LogP contribution in [0.3, 0.4) is 0 Å². The monoisotopic (exact) mass is 383 g/mol. The highest BCUT2D eigenvalue weighted by molar-refractivity contribution is 7.89. The molecule has 9 heteroatoms. The highest BCUT2D eigenvalue weighted by atomic mass is 32.2. The van der Waals surface area contributed by atoms with E-state index in [1.54, 1.807) is 30.5 Å². The molecule has 2 aromatic heterocycles. The van der Waals surface area contributed by atoms with Gasteiger partial charge in [-0.2, -0.15) is 0 Å². The molecule has 27 heavy (non-hydrogen) atoms. The Kier molecular flexibility index (Phi) is 5.84. The maximum Gasteiger partial charge on any atom is 0.251 e. The van der Waals surface area contributed by atoms with Crippen LogP contribution in [0.1, 0.15) is 21.7 Å². The molecule has 3 rings (SSSR count). The molecule has 8 nitrogen and oxygen atoms in total. The van der Waals surface area contributed by atoms with Crippen molar-refractivity contribution in [2.24, 2.45) is 0 Å². The average Bonchev–Trinajstić information content (AvgIpc) is 2.72. The molecule has 0 unspecified atom stereocenters. The number of benzene rings is 1. The summed E-state index contributed by atoms with van der Waals surface area (Å²) in [5.74, 6) is -0.381. The van der Waals surface area contributed by atoms with E-state index in [1.165, 1.54) is 30.7 Å². The van der Waals surface area contributed by atoms with Crippen LogP contribution in [0.2, 0.25) is 0 Å². The molecular formula is C18H17N5O3S. The molecular weight excluding hydrogens is 366 g/mol. The molecule has 0 atom stereocenters. The first-order valence-corrected chi connectivity index (χ1v) is 9.56. The molecule has 138 valence electrons. The zero-order chi connectivity index (χ0) is 19.1. The minimum atomic E-state index is -3.78. The van der Waals surface area contributed by atoms with Crippen molar-refractivity contribution in [3.8, 4) is 0 Å². The van der Waals surface area contributed by atoms with Crippen molar-refractivity contribution in [3.05, 3.63) is 84.2 Å². The van der Waals surface area contributed by atoms with Gasteiger partial charge in [-0.3, -0.25) is 9.78 Å². The van der Waals surface area contributed by atoms with Gasteiger partial charge >= 0.3 is 0 Å². The first-order valence-electron chi connectivity index (χ1n) is 8.07. The summed E-state index contributed by atoms with van der Waals surface area (Å²) in [4.78, 5) is 24.2. The number of amides is 1. The van der Waals surface area contributed by atoms with Crippen molar-refractivity contribution in [1.29, 1.82) is 0 Å². The van der Waals surface area contributed by atoms with E-state index >= 15 is 0 Å². The van der Waals surface area contributed by atoms with Crippen molar-refractivity contribution >= 4 is 15.9 Å². The van der Waals surface area contributed by atoms with E-state index in [9.17, 15) is 13.2 Å². The van der Waals surface area contributed by atoms with Gasteiger partial charge in [-0.05, 0) is 36.4 Å². The Morgan fingerprint density at radius 2 is 1.78 bits per heavy atom. The number of carbonyl (C=O) groups excluding carboxylic acids is 1. The Morgan fingerprint density at radius 1 is 0.926 bits per heavy atom. The van der Waals surface area contributed by atoms with E-state index in [1.807, 2.05) is 6.07 Å². The van der Waals surface area contributed by atoms with Gasteiger partial charge in [0.2, 0.25) is 10.0 Å². The SMILES string of the molecule is O=C(NCc1ccccn1)c1cccc(S(=O)(=O)NCc2ccncn2)c1. The maximum atomic E-state index is 12.5. The largest absolute Gasteiger partial charge is 0.346 e. The summed E-state index contributed by atoms with van der Waals surface area (Å²) in [7, 11) is -3.78. The zero-order valence-corrected chi connectivity index (χ0v) is 15.1. The van der Waals surface area contributed by atoms with Gasteiger partial charge in [0.1, 0.15) is 6.33 Å². The number of hydrogen-bond donors (Lipinski definition) is 2. The second kappa shape index (κ2) is 8.47. The van der Waals surface area contributed by atoms with E-state index in [0.29, 0.717) is 11.4 Å². The molecule has 1 amide bonds. The predicted molar refractivity (Wildman–Crippen MR) is 97.9 cm³/mol. The van der Waals surface area contributed by atoms with Crippen LogP contribution >= 0.6 is 0 Å². The van der Waals surface area contributed by atoms with Gasteiger partial charge in [0.05, 0.1) is 29.4 Å². The molecule has 0 spiro atoms. The van der Waals surface area contributed by atoms with E-state index in [4.69, 9.17) is 0 Å². The molecule has 1 aromatic carbocycles. The third kappa shape index (κ3) is 5.16.